The lowest BCUT2D eigenvalue weighted by molar-refractivity contribution is -0.155. The van der Waals surface area contributed by atoms with Crippen molar-refractivity contribution in [2.75, 3.05) is 0 Å². The van der Waals surface area contributed by atoms with Crippen LogP contribution in [0.25, 0.3) is 0 Å². The molecule has 0 saturated heterocycles. The van der Waals surface area contributed by atoms with Gasteiger partial charge in [-0.1, -0.05) is 5.16 Å². The Morgan fingerprint density at radius 1 is 1.50 bits per heavy atom. The molecule has 0 aromatic carbocycles. The molecule has 0 fully saturated rings. The maximum absolute atomic E-state index is 11.6. The summed E-state index contributed by atoms with van der Waals surface area (Å²) in [5.41, 5.74) is 0. The normalized spacial score (nSPS) is 12.0. The first-order valence-electron chi connectivity index (χ1n) is 2.23. The van der Waals surface area contributed by atoms with E-state index in [4.69, 9.17) is 0 Å². The van der Waals surface area contributed by atoms with Crippen LogP contribution < -0.4 is 0 Å². The predicted octanol–water partition coefficient (Wildman–Crippen LogP) is 1.98. The van der Waals surface area contributed by atoms with E-state index in [0.717, 1.165) is 0 Å². The highest BCUT2D eigenvalue weighted by atomic mass is 32.1. The number of halogens is 3. The van der Waals surface area contributed by atoms with Gasteiger partial charge in [-0.05, 0) is 0 Å². The minimum absolute atomic E-state index is 0.0766. The smallest absolute Gasteiger partial charge is 0.351 e. The van der Waals surface area contributed by atoms with Gasteiger partial charge < -0.3 is 4.52 Å². The van der Waals surface area contributed by atoms with Crippen LogP contribution >= 0.6 is 12.6 Å². The molecule has 1 heterocycles. The molecule has 0 unspecified atom stereocenters. The Balaban J connectivity index is 2.96. The standard InChI is InChI=1S/C4H2F3NOS/c5-4(6,7)2-1-3(10)8-9-2/h1H,(H,8,10). The highest BCUT2D eigenvalue weighted by Crippen LogP contribution is 2.29. The molecule has 1 aromatic heterocycles. The minimum Gasteiger partial charge on any atom is -0.351 e. The van der Waals surface area contributed by atoms with Crippen LogP contribution in [0.5, 0.6) is 0 Å². The average Bonchev–Trinajstić information content (AvgIpc) is 2.11. The second kappa shape index (κ2) is 2.19. The predicted molar refractivity (Wildman–Crippen MR) is 28.8 cm³/mol. The Hall–Kier alpha value is -0.650. The highest BCUT2D eigenvalue weighted by Gasteiger charge is 2.35. The van der Waals surface area contributed by atoms with Crippen molar-refractivity contribution in [2.45, 2.75) is 11.2 Å². The van der Waals surface area contributed by atoms with Crippen molar-refractivity contribution in [1.82, 2.24) is 5.16 Å². The number of rotatable bonds is 0. The quantitative estimate of drug-likeness (QED) is 0.601. The zero-order valence-corrected chi connectivity index (χ0v) is 5.41. The first-order chi connectivity index (χ1) is 4.50. The van der Waals surface area contributed by atoms with Crippen LogP contribution in [0.2, 0.25) is 0 Å². The van der Waals surface area contributed by atoms with Crippen molar-refractivity contribution in [3.63, 3.8) is 0 Å². The molecule has 0 atom stereocenters. The fourth-order valence-corrected chi connectivity index (χ4v) is 0.558. The SMILES string of the molecule is FC(F)(F)c1cc(S)no1. The van der Waals surface area contributed by atoms with E-state index in [-0.39, 0.29) is 5.03 Å². The van der Waals surface area contributed by atoms with E-state index in [9.17, 15) is 13.2 Å². The van der Waals surface area contributed by atoms with Gasteiger partial charge in [0.25, 0.3) is 0 Å². The summed E-state index contributed by atoms with van der Waals surface area (Å²) in [6, 6.07) is 0.711. The Bertz CT molecular complexity index is 231. The van der Waals surface area contributed by atoms with E-state index in [0.29, 0.717) is 6.07 Å². The third-order valence-corrected chi connectivity index (χ3v) is 0.988. The van der Waals surface area contributed by atoms with E-state index in [1.165, 1.54) is 0 Å². The van der Waals surface area contributed by atoms with Crippen molar-refractivity contribution in [3.05, 3.63) is 11.8 Å². The number of hydrogen-bond donors (Lipinski definition) is 1. The fourth-order valence-electron chi connectivity index (χ4n) is 0.399. The van der Waals surface area contributed by atoms with Crippen LogP contribution in [0.1, 0.15) is 5.76 Å². The van der Waals surface area contributed by atoms with Gasteiger partial charge in [-0.15, -0.1) is 12.6 Å². The number of aromatic nitrogens is 1. The van der Waals surface area contributed by atoms with Gasteiger partial charge in [0.2, 0.25) is 5.76 Å². The Labute approximate surface area is 59.4 Å². The van der Waals surface area contributed by atoms with Crippen LogP contribution in [0.15, 0.2) is 15.6 Å². The van der Waals surface area contributed by atoms with Gasteiger partial charge in [-0.3, -0.25) is 0 Å². The van der Waals surface area contributed by atoms with Gasteiger partial charge in [0.1, 0.15) is 5.03 Å². The highest BCUT2D eigenvalue weighted by molar-refractivity contribution is 7.80. The first kappa shape index (κ1) is 7.46. The van der Waals surface area contributed by atoms with Crippen molar-refractivity contribution in [3.8, 4) is 0 Å². The molecule has 10 heavy (non-hydrogen) atoms. The maximum Gasteiger partial charge on any atom is 0.452 e. The van der Waals surface area contributed by atoms with Gasteiger partial charge in [0.15, 0.2) is 0 Å². The summed E-state index contributed by atoms with van der Waals surface area (Å²) in [5.74, 6) is -1.13. The van der Waals surface area contributed by atoms with Crippen molar-refractivity contribution in [2.24, 2.45) is 0 Å². The van der Waals surface area contributed by atoms with Gasteiger partial charge in [-0.2, -0.15) is 13.2 Å². The number of nitrogens with zero attached hydrogens (tertiary/aromatic N) is 1. The molecule has 0 aliphatic rings. The van der Waals surface area contributed by atoms with E-state index in [2.05, 4.69) is 22.3 Å². The summed E-state index contributed by atoms with van der Waals surface area (Å²) in [6.45, 7) is 0. The first-order valence-corrected chi connectivity index (χ1v) is 2.68. The Morgan fingerprint density at radius 2 is 2.10 bits per heavy atom. The fraction of sp³-hybridized carbons (Fsp3) is 0.250. The lowest BCUT2D eigenvalue weighted by Gasteiger charge is -1.96. The molecule has 0 N–H and O–H groups in total. The topological polar surface area (TPSA) is 26.0 Å². The third kappa shape index (κ3) is 1.44. The molecule has 0 aliphatic carbocycles. The Kier molecular flexibility index (Phi) is 1.63. The lowest BCUT2D eigenvalue weighted by Crippen LogP contribution is -2.01. The lowest BCUT2D eigenvalue weighted by atomic mass is 10.5. The molecule has 0 spiro atoms. The summed E-state index contributed by atoms with van der Waals surface area (Å²) in [4.78, 5) is 0. The molecule has 6 heteroatoms. The summed E-state index contributed by atoms with van der Waals surface area (Å²) in [5, 5.41) is 2.88. The van der Waals surface area contributed by atoms with Crippen molar-refractivity contribution < 1.29 is 17.7 Å². The second-order valence-electron chi connectivity index (χ2n) is 1.55. The van der Waals surface area contributed by atoms with Crippen molar-refractivity contribution in [1.29, 1.82) is 0 Å². The third-order valence-electron chi connectivity index (χ3n) is 0.777. The van der Waals surface area contributed by atoms with Gasteiger partial charge in [-0.25, -0.2) is 0 Å². The van der Waals surface area contributed by atoms with Gasteiger partial charge >= 0.3 is 6.18 Å². The van der Waals surface area contributed by atoms with Crippen LogP contribution in [0.4, 0.5) is 13.2 Å². The molecule has 0 bridgehead atoms. The monoisotopic (exact) mass is 169 g/mol. The summed E-state index contributed by atoms with van der Waals surface area (Å²) in [7, 11) is 0. The zero-order valence-electron chi connectivity index (χ0n) is 4.51. The maximum atomic E-state index is 11.6. The minimum atomic E-state index is -4.46. The molecule has 1 aromatic rings. The molecule has 0 aliphatic heterocycles. The summed E-state index contributed by atoms with van der Waals surface area (Å²) < 4.78 is 38.8. The van der Waals surface area contributed by atoms with E-state index < -0.39 is 11.9 Å². The van der Waals surface area contributed by atoms with Crippen LogP contribution in [0.3, 0.4) is 0 Å². The summed E-state index contributed by atoms with van der Waals surface area (Å²) in [6.07, 6.45) is -4.46. The van der Waals surface area contributed by atoms with E-state index in [1.54, 1.807) is 0 Å². The zero-order chi connectivity index (χ0) is 7.78. The number of thiol groups is 1. The molecule has 1 rings (SSSR count). The second-order valence-corrected chi connectivity index (χ2v) is 2.01. The largest absolute Gasteiger partial charge is 0.452 e. The van der Waals surface area contributed by atoms with E-state index >= 15 is 0 Å². The number of alkyl halides is 3. The molecule has 56 valence electrons. The molecule has 0 saturated carbocycles. The molecule has 0 radical (unpaired) electrons. The van der Waals surface area contributed by atoms with Crippen LogP contribution in [-0.4, -0.2) is 5.16 Å². The molecular weight excluding hydrogens is 167 g/mol. The molecule has 2 nitrogen and oxygen atoms in total. The summed E-state index contributed by atoms with van der Waals surface area (Å²) >= 11 is 3.53. The molecular formula is C4H2F3NOS. The number of hydrogen-bond acceptors (Lipinski definition) is 3. The van der Waals surface area contributed by atoms with E-state index in [1.807, 2.05) is 0 Å². The van der Waals surface area contributed by atoms with Crippen LogP contribution in [-0.2, 0) is 6.18 Å². The Morgan fingerprint density at radius 3 is 2.30 bits per heavy atom. The van der Waals surface area contributed by atoms with Crippen LogP contribution in [0, 0.1) is 0 Å². The van der Waals surface area contributed by atoms with Gasteiger partial charge in [0.05, 0.1) is 0 Å². The van der Waals surface area contributed by atoms with Crippen molar-refractivity contribution >= 4 is 12.6 Å². The average molecular weight is 169 g/mol. The van der Waals surface area contributed by atoms with Gasteiger partial charge in [0, 0.05) is 6.07 Å². The molecule has 0 amide bonds.